The summed E-state index contributed by atoms with van der Waals surface area (Å²) < 4.78 is 0. The summed E-state index contributed by atoms with van der Waals surface area (Å²) in [4.78, 5) is 17.3. The summed E-state index contributed by atoms with van der Waals surface area (Å²) in [5.41, 5.74) is 3.36. The highest BCUT2D eigenvalue weighted by molar-refractivity contribution is 6.05. The average Bonchev–Trinajstić information content (AvgIpc) is 3.07. The van der Waals surface area contributed by atoms with Crippen molar-refractivity contribution in [2.75, 3.05) is 26.2 Å². The number of nitrogens with one attached hydrogen (secondary N) is 1. The van der Waals surface area contributed by atoms with E-state index >= 15 is 0 Å². The number of carbonyl (C=O) groups is 1. The molecule has 0 unspecified atom stereocenters. The maximum absolute atomic E-state index is 13.0. The number of rotatable bonds is 3. The van der Waals surface area contributed by atoms with E-state index in [9.17, 15) is 4.79 Å². The third-order valence-electron chi connectivity index (χ3n) is 5.07. The van der Waals surface area contributed by atoms with Gasteiger partial charge in [-0.25, -0.2) is 0 Å². The molecule has 136 valence electrons. The zero-order chi connectivity index (χ0) is 18.6. The van der Waals surface area contributed by atoms with Crippen LogP contribution < -0.4 is 0 Å². The maximum atomic E-state index is 13.0. The van der Waals surface area contributed by atoms with Crippen LogP contribution in [0.25, 0.3) is 10.9 Å². The minimum Gasteiger partial charge on any atom is -0.337 e. The molecule has 27 heavy (non-hydrogen) atoms. The molecule has 0 atom stereocenters. The van der Waals surface area contributed by atoms with Gasteiger partial charge in [0.05, 0.1) is 28.9 Å². The lowest BCUT2D eigenvalue weighted by Gasteiger charge is -2.22. The lowest BCUT2D eigenvalue weighted by molar-refractivity contribution is 0.0763. The van der Waals surface area contributed by atoms with E-state index in [1.54, 1.807) is 6.20 Å². The molecule has 1 aromatic heterocycles. The molecule has 1 aliphatic heterocycles. The van der Waals surface area contributed by atoms with Gasteiger partial charge in [0.2, 0.25) is 0 Å². The maximum Gasteiger partial charge on any atom is 0.256 e. The predicted molar refractivity (Wildman–Crippen MR) is 103 cm³/mol. The first-order valence-electron chi connectivity index (χ1n) is 9.17. The van der Waals surface area contributed by atoms with E-state index in [1.807, 2.05) is 47.4 Å². The molecule has 1 amide bonds. The Morgan fingerprint density at radius 3 is 2.78 bits per heavy atom. The summed E-state index contributed by atoms with van der Waals surface area (Å²) in [7, 11) is 0. The number of fused-ring (bicyclic) bond motifs is 1. The number of nitriles is 1. The van der Waals surface area contributed by atoms with Crippen LogP contribution in [0.2, 0.25) is 0 Å². The summed E-state index contributed by atoms with van der Waals surface area (Å²) in [5.74, 6) is 0.0603. The Morgan fingerprint density at radius 2 is 1.96 bits per heavy atom. The number of aromatic amines is 1. The van der Waals surface area contributed by atoms with Crippen molar-refractivity contribution in [1.29, 1.82) is 5.26 Å². The fourth-order valence-corrected chi connectivity index (χ4v) is 3.59. The van der Waals surface area contributed by atoms with E-state index in [1.165, 1.54) is 5.56 Å². The number of benzene rings is 2. The fourth-order valence-electron chi connectivity index (χ4n) is 3.59. The van der Waals surface area contributed by atoms with E-state index in [-0.39, 0.29) is 5.91 Å². The fraction of sp³-hybridized carbons (Fsp3) is 0.286. The normalized spacial score (nSPS) is 15.4. The lowest BCUT2D eigenvalue weighted by Crippen LogP contribution is -2.35. The highest BCUT2D eigenvalue weighted by atomic mass is 16.2. The molecule has 1 saturated heterocycles. The molecule has 6 nitrogen and oxygen atoms in total. The number of H-pyrrole nitrogens is 1. The zero-order valence-corrected chi connectivity index (χ0v) is 15.1. The molecular weight excluding hydrogens is 338 g/mol. The van der Waals surface area contributed by atoms with Crippen LogP contribution in [0.15, 0.2) is 48.7 Å². The van der Waals surface area contributed by atoms with Crippen LogP contribution in [-0.2, 0) is 6.54 Å². The van der Waals surface area contributed by atoms with Crippen molar-refractivity contribution in [1.82, 2.24) is 20.0 Å². The average molecular weight is 359 g/mol. The zero-order valence-electron chi connectivity index (χ0n) is 15.1. The van der Waals surface area contributed by atoms with Gasteiger partial charge in [-0.15, -0.1) is 0 Å². The Hall–Kier alpha value is -3.17. The highest BCUT2D eigenvalue weighted by Crippen LogP contribution is 2.19. The van der Waals surface area contributed by atoms with Gasteiger partial charge in [0, 0.05) is 38.1 Å². The molecule has 1 fully saturated rings. The van der Waals surface area contributed by atoms with Crippen LogP contribution in [0.5, 0.6) is 0 Å². The molecule has 2 heterocycles. The molecule has 0 aliphatic carbocycles. The third-order valence-corrected chi connectivity index (χ3v) is 5.07. The predicted octanol–water partition coefficient (Wildman–Crippen LogP) is 2.78. The smallest absolute Gasteiger partial charge is 0.256 e. The monoisotopic (exact) mass is 359 g/mol. The summed E-state index contributed by atoms with van der Waals surface area (Å²) in [6.07, 6.45) is 2.69. The SMILES string of the molecule is N#Cc1ccc(CN2CCCN(C(=O)c3cccc4cn[nH]c34)CC2)cc1. The van der Waals surface area contributed by atoms with E-state index in [2.05, 4.69) is 21.2 Å². The lowest BCUT2D eigenvalue weighted by atomic mass is 10.1. The van der Waals surface area contributed by atoms with E-state index < -0.39 is 0 Å². The Morgan fingerprint density at radius 1 is 1.11 bits per heavy atom. The number of hydrogen-bond donors (Lipinski definition) is 1. The third kappa shape index (κ3) is 3.69. The number of para-hydroxylation sites is 1. The van der Waals surface area contributed by atoms with Crippen LogP contribution in [0, 0.1) is 11.3 Å². The molecular formula is C21H21N5O. The topological polar surface area (TPSA) is 76.0 Å². The first kappa shape index (κ1) is 17.3. The first-order chi connectivity index (χ1) is 13.2. The van der Waals surface area contributed by atoms with Crippen LogP contribution in [0.1, 0.15) is 27.9 Å². The van der Waals surface area contributed by atoms with E-state index in [4.69, 9.17) is 5.26 Å². The van der Waals surface area contributed by atoms with Crippen molar-refractivity contribution in [2.24, 2.45) is 0 Å². The quantitative estimate of drug-likeness (QED) is 0.780. The van der Waals surface area contributed by atoms with Gasteiger partial charge in [-0.1, -0.05) is 24.3 Å². The van der Waals surface area contributed by atoms with E-state index in [0.717, 1.165) is 43.5 Å². The standard InChI is InChI=1S/C21H21N5O/c22-13-16-5-7-17(8-6-16)15-25-9-2-10-26(12-11-25)21(27)19-4-1-3-18-14-23-24-20(18)19/h1,3-8,14H,2,9-12,15H2,(H,23,24). The molecule has 4 rings (SSSR count). The molecule has 3 aromatic rings. The first-order valence-corrected chi connectivity index (χ1v) is 9.17. The van der Waals surface area contributed by atoms with Gasteiger partial charge in [0.25, 0.3) is 5.91 Å². The molecule has 2 aromatic carbocycles. The van der Waals surface area contributed by atoms with Gasteiger partial charge in [0.1, 0.15) is 0 Å². The number of carbonyl (C=O) groups excluding carboxylic acids is 1. The van der Waals surface area contributed by atoms with Crippen molar-refractivity contribution in [3.8, 4) is 6.07 Å². The van der Waals surface area contributed by atoms with Gasteiger partial charge < -0.3 is 4.90 Å². The molecule has 0 spiro atoms. The Labute approximate surface area is 158 Å². The largest absolute Gasteiger partial charge is 0.337 e. The van der Waals surface area contributed by atoms with E-state index in [0.29, 0.717) is 17.7 Å². The second kappa shape index (κ2) is 7.60. The number of aromatic nitrogens is 2. The molecule has 0 saturated carbocycles. The van der Waals surface area contributed by atoms with Crippen LogP contribution in [0.4, 0.5) is 0 Å². The summed E-state index contributed by atoms with van der Waals surface area (Å²) in [5, 5.41) is 16.9. The minimum absolute atomic E-state index is 0.0603. The Kier molecular flexibility index (Phi) is 4.86. The molecule has 0 radical (unpaired) electrons. The van der Waals surface area contributed by atoms with Gasteiger partial charge in [-0.2, -0.15) is 10.4 Å². The summed E-state index contributed by atoms with van der Waals surface area (Å²) in [6, 6.07) is 15.6. The number of amides is 1. The van der Waals surface area contributed by atoms with Crippen molar-refractivity contribution in [2.45, 2.75) is 13.0 Å². The van der Waals surface area contributed by atoms with Crippen LogP contribution in [0.3, 0.4) is 0 Å². The van der Waals surface area contributed by atoms with Crippen LogP contribution in [-0.4, -0.2) is 52.1 Å². The van der Waals surface area contributed by atoms with Crippen molar-refractivity contribution >= 4 is 16.8 Å². The Balaban J connectivity index is 1.43. The minimum atomic E-state index is 0.0603. The van der Waals surface area contributed by atoms with Crippen molar-refractivity contribution in [3.05, 3.63) is 65.4 Å². The van der Waals surface area contributed by atoms with Crippen LogP contribution >= 0.6 is 0 Å². The van der Waals surface area contributed by atoms with Gasteiger partial charge >= 0.3 is 0 Å². The molecule has 0 bridgehead atoms. The van der Waals surface area contributed by atoms with Crippen molar-refractivity contribution < 1.29 is 4.79 Å². The second-order valence-corrected chi connectivity index (χ2v) is 6.87. The summed E-state index contributed by atoms with van der Waals surface area (Å²) >= 11 is 0. The molecule has 1 aliphatic rings. The van der Waals surface area contributed by atoms with Gasteiger partial charge in [0.15, 0.2) is 0 Å². The molecule has 6 heteroatoms. The highest BCUT2D eigenvalue weighted by Gasteiger charge is 2.22. The van der Waals surface area contributed by atoms with Gasteiger partial charge in [-0.05, 0) is 30.2 Å². The number of hydrogen-bond acceptors (Lipinski definition) is 4. The Bertz CT molecular complexity index is 986. The summed E-state index contributed by atoms with van der Waals surface area (Å²) in [6.45, 7) is 4.10. The molecule has 1 N–H and O–H groups in total. The number of nitrogens with zero attached hydrogens (tertiary/aromatic N) is 4. The van der Waals surface area contributed by atoms with Gasteiger partial charge in [-0.3, -0.25) is 14.8 Å². The van der Waals surface area contributed by atoms with Crippen molar-refractivity contribution in [3.63, 3.8) is 0 Å². The second-order valence-electron chi connectivity index (χ2n) is 6.87.